The van der Waals surface area contributed by atoms with Gasteiger partial charge in [-0.2, -0.15) is 4.31 Å². The fourth-order valence-electron chi connectivity index (χ4n) is 4.70. The number of morpholine rings is 1. The van der Waals surface area contributed by atoms with Gasteiger partial charge in [0.2, 0.25) is 10.0 Å². The maximum atomic E-state index is 13.0. The summed E-state index contributed by atoms with van der Waals surface area (Å²) < 4.78 is 33.7. The Kier molecular flexibility index (Phi) is 4.92. The van der Waals surface area contributed by atoms with Crippen LogP contribution in [-0.2, 0) is 21.2 Å². The van der Waals surface area contributed by atoms with E-state index >= 15 is 0 Å². The average Bonchev–Trinajstić information content (AvgIpc) is 3.01. The lowest BCUT2D eigenvalue weighted by Crippen LogP contribution is -2.57. The summed E-state index contributed by atoms with van der Waals surface area (Å²) >= 11 is 0. The number of ether oxygens (including phenoxy) is 1. The minimum absolute atomic E-state index is 0.197. The van der Waals surface area contributed by atoms with Gasteiger partial charge in [0.1, 0.15) is 10.9 Å². The molecule has 0 aromatic heterocycles. The molecular weight excluding hydrogens is 378 g/mol. The molecular formula is C20H29N3O4S. The van der Waals surface area contributed by atoms with Gasteiger partial charge in [-0.15, -0.1) is 0 Å². The lowest BCUT2D eigenvalue weighted by Gasteiger charge is -2.39. The number of hydrogen-bond donors (Lipinski definition) is 1. The van der Waals surface area contributed by atoms with E-state index in [1.807, 2.05) is 38.1 Å². The Labute approximate surface area is 167 Å². The van der Waals surface area contributed by atoms with Crippen LogP contribution in [0.15, 0.2) is 24.3 Å². The number of fused-ring (bicyclic) bond motifs is 1. The van der Waals surface area contributed by atoms with Crippen LogP contribution in [0.4, 0.5) is 10.5 Å². The van der Waals surface area contributed by atoms with E-state index in [1.54, 1.807) is 9.21 Å². The largest absolute Gasteiger partial charge is 0.365 e. The minimum Gasteiger partial charge on any atom is -0.365 e. The topological polar surface area (TPSA) is 79.0 Å². The second-order valence-corrected chi connectivity index (χ2v) is 10.7. The molecule has 1 aromatic rings. The fourth-order valence-corrected chi connectivity index (χ4v) is 7.17. The Bertz CT molecular complexity index is 855. The van der Waals surface area contributed by atoms with Crippen LogP contribution in [0, 0.1) is 5.92 Å². The molecule has 4 rings (SSSR count). The average molecular weight is 408 g/mol. The Morgan fingerprint density at radius 2 is 2.00 bits per heavy atom. The number of sulfonamides is 1. The number of aryl methyl sites for hydroxylation is 1. The maximum Gasteiger partial charge on any atom is 0.322 e. The van der Waals surface area contributed by atoms with Gasteiger partial charge in [0.15, 0.2) is 0 Å². The van der Waals surface area contributed by atoms with E-state index in [1.165, 1.54) is 5.56 Å². The first-order valence-corrected chi connectivity index (χ1v) is 11.6. The molecule has 2 amide bonds. The van der Waals surface area contributed by atoms with Gasteiger partial charge in [-0.25, -0.2) is 13.2 Å². The van der Waals surface area contributed by atoms with E-state index < -0.39 is 20.9 Å². The first-order chi connectivity index (χ1) is 13.2. The predicted octanol–water partition coefficient (Wildman–Crippen LogP) is 2.29. The number of benzene rings is 1. The smallest absolute Gasteiger partial charge is 0.322 e. The van der Waals surface area contributed by atoms with Crippen molar-refractivity contribution in [1.29, 1.82) is 0 Å². The number of anilines is 1. The normalized spacial score (nSPS) is 31.2. The van der Waals surface area contributed by atoms with Gasteiger partial charge in [-0.05, 0) is 36.5 Å². The molecule has 3 fully saturated rings. The highest BCUT2D eigenvalue weighted by molar-refractivity contribution is 7.90. The van der Waals surface area contributed by atoms with Gasteiger partial charge in [0.05, 0.1) is 12.6 Å². The number of carbonyl (C=O) groups excluding carboxylic acids is 1. The van der Waals surface area contributed by atoms with Gasteiger partial charge in [0.25, 0.3) is 0 Å². The minimum atomic E-state index is -3.39. The van der Waals surface area contributed by atoms with Crippen molar-refractivity contribution in [2.75, 3.05) is 31.5 Å². The van der Waals surface area contributed by atoms with Crippen LogP contribution in [0.2, 0.25) is 0 Å². The third kappa shape index (κ3) is 3.31. The molecule has 2 bridgehead atoms. The number of nitrogens with zero attached hydrogens (tertiary/aromatic N) is 2. The van der Waals surface area contributed by atoms with Crippen molar-refractivity contribution in [1.82, 2.24) is 9.21 Å². The SMILES string of the molecule is CCc1ccc(NC(=O)N2C[C@H]3C[C@H]4[C@](C2)(CN(CC(C)C)S4(=O)=O)O3)cc1. The number of hydrogen-bond acceptors (Lipinski definition) is 4. The molecule has 3 heterocycles. The highest BCUT2D eigenvalue weighted by atomic mass is 32.2. The number of likely N-dealkylation sites (tertiary alicyclic amines) is 1. The Morgan fingerprint density at radius 3 is 2.64 bits per heavy atom. The van der Waals surface area contributed by atoms with E-state index in [0.717, 1.165) is 12.1 Å². The summed E-state index contributed by atoms with van der Waals surface area (Å²) in [5.41, 5.74) is 1.15. The number of carbonyl (C=O) groups is 1. The first-order valence-electron chi connectivity index (χ1n) is 10.0. The van der Waals surface area contributed by atoms with Crippen LogP contribution < -0.4 is 5.32 Å². The molecule has 1 spiro atoms. The van der Waals surface area contributed by atoms with Crippen LogP contribution in [0.1, 0.15) is 32.8 Å². The summed E-state index contributed by atoms with van der Waals surface area (Å²) in [6, 6.07) is 7.60. The predicted molar refractivity (Wildman–Crippen MR) is 108 cm³/mol. The number of urea groups is 1. The quantitative estimate of drug-likeness (QED) is 0.831. The fraction of sp³-hybridized carbons (Fsp3) is 0.650. The molecule has 28 heavy (non-hydrogen) atoms. The molecule has 7 nitrogen and oxygen atoms in total. The Morgan fingerprint density at radius 1 is 1.29 bits per heavy atom. The van der Waals surface area contributed by atoms with Gasteiger partial charge < -0.3 is 15.0 Å². The highest BCUT2D eigenvalue weighted by Gasteiger charge is 2.65. The van der Waals surface area contributed by atoms with E-state index in [-0.39, 0.29) is 18.1 Å². The maximum absolute atomic E-state index is 13.0. The lowest BCUT2D eigenvalue weighted by atomic mass is 9.99. The van der Waals surface area contributed by atoms with Crippen molar-refractivity contribution in [3.8, 4) is 0 Å². The Balaban J connectivity index is 1.50. The second kappa shape index (κ2) is 7.00. The van der Waals surface area contributed by atoms with Crippen LogP contribution in [0.5, 0.6) is 0 Å². The van der Waals surface area contributed by atoms with Crippen molar-refractivity contribution in [3.05, 3.63) is 29.8 Å². The molecule has 3 aliphatic heterocycles. The Hall–Kier alpha value is -1.64. The lowest BCUT2D eigenvalue weighted by molar-refractivity contribution is -0.0946. The third-order valence-electron chi connectivity index (χ3n) is 5.98. The standard InChI is InChI=1S/C20H29N3O4S/c1-4-15-5-7-16(8-6-15)21-19(24)22-11-17-9-18-20(12-22,27-17)13-23(10-14(2)3)28(18,25)26/h5-8,14,17-18H,4,9-13H2,1-3H3,(H,21,24)/t17-,18+,20+/m1/s1. The second-order valence-electron chi connectivity index (χ2n) is 8.62. The van der Waals surface area contributed by atoms with E-state index in [9.17, 15) is 13.2 Å². The zero-order valence-electron chi connectivity index (χ0n) is 16.7. The van der Waals surface area contributed by atoms with Crippen molar-refractivity contribution < 1.29 is 17.9 Å². The molecule has 8 heteroatoms. The molecule has 1 aromatic carbocycles. The number of amides is 2. The zero-order valence-corrected chi connectivity index (χ0v) is 17.5. The van der Waals surface area contributed by atoms with E-state index in [4.69, 9.17) is 4.74 Å². The van der Waals surface area contributed by atoms with Gasteiger partial charge in [-0.1, -0.05) is 32.9 Å². The molecule has 0 radical (unpaired) electrons. The van der Waals surface area contributed by atoms with Crippen LogP contribution in [0.25, 0.3) is 0 Å². The summed E-state index contributed by atoms with van der Waals surface area (Å²) in [4.78, 5) is 14.6. The molecule has 0 unspecified atom stereocenters. The molecule has 1 N–H and O–H groups in total. The van der Waals surface area contributed by atoms with Crippen LogP contribution in [0.3, 0.4) is 0 Å². The van der Waals surface area contributed by atoms with E-state index in [0.29, 0.717) is 32.6 Å². The van der Waals surface area contributed by atoms with Gasteiger partial charge in [-0.3, -0.25) is 0 Å². The summed E-state index contributed by atoms with van der Waals surface area (Å²) in [6.45, 7) is 7.67. The number of nitrogens with one attached hydrogen (secondary N) is 1. The number of rotatable bonds is 4. The summed E-state index contributed by atoms with van der Waals surface area (Å²) in [6.07, 6.45) is 1.19. The summed E-state index contributed by atoms with van der Waals surface area (Å²) in [7, 11) is -3.39. The van der Waals surface area contributed by atoms with Crippen molar-refractivity contribution in [3.63, 3.8) is 0 Å². The van der Waals surface area contributed by atoms with Crippen LogP contribution >= 0.6 is 0 Å². The third-order valence-corrected chi connectivity index (χ3v) is 8.32. The summed E-state index contributed by atoms with van der Waals surface area (Å²) in [5.74, 6) is 0.245. The molecule has 0 aliphatic carbocycles. The van der Waals surface area contributed by atoms with Crippen molar-refractivity contribution in [2.24, 2.45) is 5.92 Å². The molecule has 3 atom stereocenters. The highest BCUT2D eigenvalue weighted by Crippen LogP contribution is 2.46. The van der Waals surface area contributed by atoms with Gasteiger partial charge in [0, 0.05) is 25.3 Å². The van der Waals surface area contributed by atoms with Crippen LogP contribution in [-0.4, -0.2) is 66.8 Å². The monoisotopic (exact) mass is 407 g/mol. The van der Waals surface area contributed by atoms with E-state index in [2.05, 4.69) is 12.2 Å². The van der Waals surface area contributed by atoms with Crippen molar-refractivity contribution >= 4 is 21.7 Å². The first kappa shape index (κ1) is 19.7. The molecule has 154 valence electrons. The molecule has 0 saturated carbocycles. The summed E-state index contributed by atoms with van der Waals surface area (Å²) in [5, 5.41) is 2.39. The van der Waals surface area contributed by atoms with Crippen molar-refractivity contribution in [2.45, 2.75) is 50.6 Å². The van der Waals surface area contributed by atoms with Gasteiger partial charge >= 0.3 is 6.03 Å². The zero-order chi connectivity index (χ0) is 20.1. The molecule has 3 saturated heterocycles. The molecule has 3 aliphatic rings.